The first-order valence-electron chi connectivity index (χ1n) is 11.5. The minimum absolute atomic E-state index is 0.110. The highest BCUT2D eigenvalue weighted by atomic mass is 35.5. The Bertz CT molecular complexity index is 1050. The average molecular weight is 488 g/mol. The summed E-state index contributed by atoms with van der Waals surface area (Å²) in [7, 11) is 0. The Labute approximate surface area is 204 Å². The molecule has 0 fully saturated rings. The van der Waals surface area contributed by atoms with Gasteiger partial charge in [0.2, 0.25) is 0 Å². The fourth-order valence-corrected chi connectivity index (χ4v) is 3.91. The molecular weight excluding hydrogens is 458 g/mol. The number of aromatic hydroxyl groups is 1. The molecule has 0 unspecified atom stereocenters. The topological polar surface area (TPSA) is 95.0 Å². The van der Waals surface area contributed by atoms with E-state index in [0.717, 1.165) is 41.1 Å². The number of benzene rings is 1. The number of pyridine rings is 2. The highest BCUT2D eigenvalue weighted by Gasteiger charge is 2.10. The number of phenols is 1. The number of phenolic OH excluding ortho intramolecular Hbond substituents is 1. The minimum Gasteiger partial charge on any atom is -0.506 e. The second kappa shape index (κ2) is 12.9. The number of halogens is 1. The molecule has 0 saturated heterocycles. The average Bonchev–Trinajstić information content (AvgIpc) is 2.83. The van der Waals surface area contributed by atoms with Crippen LogP contribution in [0.25, 0.3) is 10.9 Å². The fourth-order valence-electron chi connectivity index (χ4n) is 3.69. The smallest absolute Gasteiger partial charge is 0.141 e. The SMILES string of the molecule is Oc1ccc(Cl)c2ccc(Cc3cc4nc(c3)COCCOCCNCCOCCOC4)nc12. The lowest BCUT2D eigenvalue weighted by atomic mass is 10.1. The molecule has 9 heteroatoms. The minimum atomic E-state index is 0.110. The normalized spacial score (nSPS) is 17.2. The summed E-state index contributed by atoms with van der Waals surface area (Å²) in [5, 5.41) is 14.8. The Morgan fingerprint density at radius 2 is 1.44 bits per heavy atom. The van der Waals surface area contributed by atoms with Crippen LogP contribution >= 0.6 is 11.6 Å². The van der Waals surface area contributed by atoms with Crippen LogP contribution in [0.1, 0.15) is 22.6 Å². The molecular formula is C25H30ClN3O5. The van der Waals surface area contributed by atoms with Gasteiger partial charge in [-0.05, 0) is 42.0 Å². The van der Waals surface area contributed by atoms with Crippen molar-refractivity contribution < 1.29 is 24.1 Å². The number of aromatic nitrogens is 2. The molecule has 4 rings (SSSR count). The predicted octanol–water partition coefficient (Wildman–Crippen LogP) is 3.25. The molecule has 2 N–H and O–H groups in total. The highest BCUT2D eigenvalue weighted by Crippen LogP contribution is 2.29. The van der Waals surface area contributed by atoms with Crippen molar-refractivity contribution in [3.8, 4) is 5.75 Å². The number of hydrogen-bond donors (Lipinski definition) is 2. The number of nitrogens with one attached hydrogen (secondary N) is 1. The van der Waals surface area contributed by atoms with Crippen LogP contribution in [-0.4, -0.2) is 67.8 Å². The highest BCUT2D eigenvalue weighted by molar-refractivity contribution is 6.35. The zero-order valence-electron chi connectivity index (χ0n) is 19.1. The van der Waals surface area contributed by atoms with E-state index in [1.54, 1.807) is 12.1 Å². The van der Waals surface area contributed by atoms with E-state index in [1.807, 2.05) is 24.3 Å². The second-order valence-electron chi connectivity index (χ2n) is 7.98. The van der Waals surface area contributed by atoms with Crippen molar-refractivity contribution in [1.82, 2.24) is 15.3 Å². The largest absolute Gasteiger partial charge is 0.506 e. The molecule has 3 aromatic rings. The van der Waals surface area contributed by atoms with Gasteiger partial charge in [0, 0.05) is 30.6 Å². The third kappa shape index (κ3) is 7.33. The number of rotatable bonds is 2. The molecule has 1 aromatic carbocycles. The first kappa shape index (κ1) is 24.8. The molecule has 0 saturated carbocycles. The first-order valence-corrected chi connectivity index (χ1v) is 11.8. The van der Waals surface area contributed by atoms with Crippen LogP contribution in [0, 0.1) is 0 Å². The Balaban J connectivity index is 1.49. The van der Waals surface area contributed by atoms with Crippen molar-refractivity contribution in [2.24, 2.45) is 0 Å². The molecule has 1 aliphatic rings. The number of fused-ring (bicyclic) bond motifs is 3. The summed E-state index contributed by atoms with van der Waals surface area (Å²) >= 11 is 6.25. The number of ether oxygens (including phenoxy) is 4. The Kier molecular flexibility index (Phi) is 9.44. The van der Waals surface area contributed by atoms with Gasteiger partial charge < -0.3 is 29.4 Å². The van der Waals surface area contributed by atoms with E-state index in [-0.39, 0.29) is 5.75 Å². The summed E-state index contributed by atoms with van der Waals surface area (Å²) in [6.45, 7) is 5.62. The molecule has 0 radical (unpaired) electrons. The quantitative estimate of drug-likeness (QED) is 0.569. The van der Waals surface area contributed by atoms with Gasteiger partial charge in [-0.2, -0.15) is 0 Å². The van der Waals surface area contributed by atoms with Gasteiger partial charge in [0.15, 0.2) is 0 Å². The summed E-state index contributed by atoms with van der Waals surface area (Å²) in [5.74, 6) is 0.110. The van der Waals surface area contributed by atoms with E-state index in [2.05, 4.69) is 10.3 Å². The van der Waals surface area contributed by atoms with Crippen molar-refractivity contribution >= 4 is 22.5 Å². The van der Waals surface area contributed by atoms with Crippen LogP contribution < -0.4 is 5.32 Å². The number of hydrogen-bond acceptors (Lipinski definition) is 8. The summed E-state index contributed by atoms with van der Waals surface area (Å²) < 4.78 is 22.7. The van der Waals surface area contributed by atoms with Crippen LogP contribution in [0.3, 0.4) is 0 Å². The van der Waals surface area contributed by atoms with Crippen LogP contribution in [0.15, 0.2) is 36.4 Å². The van der Waals surface area contributed by atoms with E-state index in [9.17, 15) is 5.11 Å². The number of nitrogens with zero attached hydrogens (tertiary/aromatic N) is 2. The molecule has 0 amide bonds. The van der Waals surface area contributed by atoms with Crippen LogP contribution in [0.2, 0.25) is 5.02 Å². The zero-order valence-corrected chi connectivity index (χ0v) is 19.9. The zero-order chi connectivity index (χ0) is 23.6. The van der Waals surface area contributed by atoms with Gasteiger partial charge in [0.25, 0.3) is 0 Å². The van der Waals surface area contributed by atoms with Gasteiger partial charge in [0.1, 0.15) is 11.3 Å². The van der Waals surface area contributed by atoms with Crippen molar-refractivity contribution in [2.75, 3.05) is 52.7 Å². The van der Waals surface area contributed by atoms with Crippen LogP contribution in [0.4, 0.5) is 0 Å². The van der Waals surface area contributed by atoms with E-state index in [1.165, 1.54) is 0 Å². The Morgan fingerprint density at radius 1 is 0.794 bits per heavy atom. The molecule has 2 bridgehead atoms. The second-order valence-corrected chi connectivity index (χ2v) is 8.39. The van der Waals surface area contributed by atoms with E-state index in [0.29, 0.717) is 69.8 Å². The van der Waals surface area contributed by atoms with E-state index >= 15 is 0 Å². The monoisotopic (exact) mass is 487 g/mol. The van der Waals surface area contributed by atoms with Crippen molar-refractivity contribution in [1.29, 1.82) is 0 Å². The molecule has 34 heavy (non-hydrogen) atoms. The molecule has 1 aliphatic heterocycles. The summed E-state index contributed by atoms with van der Waals surface area (Å²) in [6, 6.07) is 11.1. The summed E-state index contributed by atoms with van der Waals surface area (Å²) in [4.78, 5) is 9.33. The van der Waals surface area contributed by atoms with Gasteiger partial charge in [-0.1, -0.05) is 11.6 Å². The Hall–Kier alpha value is -2.33. The van der Waals surface area contributed by atoms with Gasteiger partial charge in [-0.25, -0.2) is 4.98 Å². The van der Waals surface area contributed by atoms with Crippen molar-refractivity contribution in [3.05, 3.63) is 64.1 Å². The van der Waals surface area contributed by atoms with Gasteiger partial charge in [-0.3, -0.25) is 4.98 Å². The maximum Gasteiger partial charge on any atom is 0.141 e. The molecule has 3 heterocycles. The van der Waals surface area contributed by atoms with E-state index < -0.39 is 0 Å². The molecule has 0 atom stereocenters. The lowest BCUT2D eigenvalue weighted by molar-refractivity contribution is 0.0324. The van der Waals surface area contributed by atoms with Gasteiger partial charge in [-0.15, -0.1) is 0 Å². The third-order valence-corrected chi connectivity index (χ3v) is 5.64. The van der Waals surface area contributed by atoms with Crippen molar-refractivity contribution in [3.63, 3.8) is 0 Å². The lowest BCUT2D eigenvalue weighted by Gasteiger charge is -2.12. The lowest BCUT2D eigenvalue weighted by Crippen LogP contribution is -2.25. The maximum atomic E-state index is 10.2. The standard InChI is InChI=1S/C25H30ClN3O5/c26-23-3-4-24(30)25-22(23)2-1-19(29-25)13-18-14-20-16-33-11-9-31-7-5-27-6-8-32-10-12-34-17-21(15-18)28-20/h1-4,14-15,27,30H,5-13,16-17H2. The molecule has 2 aromatic heterocycles. The van der Waals surface area contributed by atoms with Crippen LogP contribution in [0.5, 0.6) is 5.75 Å². The fraction of sp³-hybridized carbons (Fsp3) is 0.440. The van der Waals surface area contributed by atoms with Gasteiger partial charge >= 0.3 is 0 Å². The van der Waals surface area contributed by atoms with Crippen molar-refractivity contribution in [2.45, 2.75) is 19.6 Å². The molecule has 0 spiro atoms. The Morgan fingerprint density at radius 3 is 2.12 bits per heavy atom. The predicted molar refractivity (Wildman–Crippen MR) is 129 cm³/mol. The van der Waals surface area contributed by atoms with Gasteiger partial charge in [0.05, 0.1) is 69.3 Å². The first-order chi connectivity index (χ1) is 16.7. The summed E-state index contributed by atoms with van der Waals surface area (Å²) in [5.41, 5.74) is 3.99. The van der Waals surface area contributed by atoms with Crippen LogP contribution in [-0.2, 0) is 38.6 Å². The molecule has 8 nitrogen and oxygen atoms in total. The summed E-state index contributed by atoms with van der Waals surface area (Å²) in [6.07, 6.45) is 0.573. The molecule has 0 aliphatic carbocycles. The maximum absolute atomic E-state index is 10.2. The third-order valence-electron chi connectivity index (χ3n) is 5.31. The van der Waals surface area contributed by atoms with E-state index in [4.69, 9.17) is 35.5 Å². The molecule has 182 valence electrons.